The minimum atomic E-state index is -0.707. The van der Waals surface area contributed by atoms with E-state index in [0.29, 0.717) is 17.5 Å². The molecule has 0 N–H and O–H groups in total. The zero-order chi connectivity index (χ0) is 16.6. The van der Waals surface area contributed by atoms with Crippen molar-refractivity contribution < 1.29 is 18.7 Å². The molecule has 0 amide bonds. The lowest BCUT2D eigenvalue weighted by Gasteiger charge is -2.15. The smallest absolute Gasteiger partial charge is 0.341 e. The Morgan fingerprint density at radius 2 is 2.00 bits per heavy atom. The van der Waals surface area contributed by atoms with Crippen molar-refractivity contribution in [3.05, 3.63) is 70.0 Å². The third kappa shape index (κ3) is 2.65. The molecule has 1 unspecified atom stereocenters. The molecule has 0 heterocycles. The first-order chi connectivity index (χ1) is 11.0. The van der Waals surface area contributed by atoms with Gasteiger partial charge in [-0.05, 0) is 42.7 Å². The highest BCUT2D eigenvalue weighted by molar-refractivity contribution is 6.03. The van der Waals surface area contributed by atoms with Crippen molar-refractivity contribution >= 4 is 11.8 Å². The van der Waals surface area contributed by atoms with Crippen LogP contribution < -0.4 is 0 Å². The number of rotatable bonds is 3. The summed E-state index contributed by atoms with van der Waals surface area (Å²) in [5.74, 6) is -1.65. The van der Waals surface area contributed by atoms with Crippen LogP contribution in [-0.4, -0.2) is 18.4 Å². The number of carbonyl (C=O) groups is 2. The van der Waals surface area contributed by atoms with E-state index in [9.17, 15) is 14.0 Å². The number of ether oxygens (including phenoxy) is 1. The lowest BCUT2D eigenvalue weighted by Crippen LogP contribution is -2.09. The van der Waals surface area contributed by atoms with Crippen molar-refractivity contribution in [1.29, 1.82) is 0 Å². The second kappa shape index (κ2) is 5.95. The van der Waals surface area contributed by atoms with Crippen molar-refractivity contribution in [2.45, 2.75) is 26.2 Å². The van der Waals surface area contributed by atoms with Crippen LogP contribution in [-0.2, 0) is 4.74 Å². The highest BCUT2D eigenvalue weighted by Gasteiger charge is 2.33. The van der Waals surface area contributed by atoms with Crippen LogP contribution in [0.1, 0.15) is 56.7 Å². The van der Waals surface area contributed by atoms with Crippen LogP contribution in [0.25, 0.3) is 0 Å². The van der Waals surface area contributed by atoms with Crippen molar-refractivity contribution in [2.24, 2.45) is 0 Å². The summed E-state index contributed by atoms with van der Waals surface area (Å²) in [6.07, 6.45) is 0.298. The van der Waals surface area contributed by atoms with E-state index in [0.717, 1.165) is 11.1 Å². The second-order valence-corrected chi connectivity index (χ2v) is 5.68. The average molecular weight is 312 g/mol. The SMILES string of the molecule is CCOC(=O)c1cc2c(cc1F)C(=O)CC2c1ccccc1C. The predicted octanol–water partition coefficient (Wildman–Crippen LogP) is 4.03. The summed E-state index contributed by atoms with van der Waals surface area (Å²) in [5, 5.41) is 0. The predicted molar refractivity (Wildman–Crippen MR) is 84.3 cm³/mol. The van der Waals surface area contributed by atoms with Gasteiger partial charge in [0.1, 0.15) is 5.82 Å². The van der Waals surface area contributed by atoms with Gasteiger partial charge >= 0.3 is 5.97 Å². The summed E-state index contributed by atoms with van der Waals surface area (Å²) in [4.78, 5) is 24.1. The summed E-state index contributed by atoms with van der Waals surface area (Å²) >= 11 is 0. The summed E-state index contributed by atoms with van der Waals surface area (Å²) in [7, 11) is 0. The molecule has 2 aromatic rings. The Morgan fingerprint density at radius 1 is 1.26 bits per heavy atom. The van der Waals surface area contributed by atoms with Crippen LogP contribution in [0, 0.1) is 12.7 Å². The first-order valence-electron chi connectivity index (χ1n) is 7.62. The summed E-state index contributed by atoms with van der Waals surface area (Å²) in [6.45, 7) is 3.83. The standard InChI is InChI=1S/C19H17FO3/c1-3-23-19(22)16-8-13-14(12-7-5-4-6-11(12)2)10-18(21)15(13)9-17(16)20/h4-9,14H,3,10H2,1-2H3. The number of fused-ring (bicyclic) bond motifs is 1. The van der Waals surface area contributed by atoms with Gasteiger partial charge in [0, 0.05) is 17.9 Å². The molecule has 2 aromatic carbocycles. The highest BCUT2D eigenvalue weighted by atomic mass is 19.1. The van der Waals surface area contributed by atoms with Crippen LogP contribution in [0.4, 0.5) is 4.39 Å². The molecule has 0 saturated heterocycles. The molecule has 1 aliphatic carbocycles. The number of ketones is 1. The van der Waals surface area contributed by atoms with Gasteiger partial charge in [-0.1, -0.05) is 24.3 Å². The maximum Gasteiger partial charge on any atom is 0.341 e. The van der Waals surface area contributed by atoms with Crippen LogP contribution in [0.2, 0.25) is 0 Å². The molecule has 0 aromatic heterocycles. The second-order valence-electron chi connectivity index (χ2n) is 5.68. The van der Waals surface area contributed by atoms with Crippen LogP contribution in [0.15, 0.2) is 36.4 Å². The Kier molecular flexibility index (Phi) is 3.99. The quantitative estimate of drug-likeness (QED) is 0.804. The van der Waals surface area contributed by atoms with Gasteiger partial charge in [0.2, 0.25) is 0 Å². The maximum absolute atomic E-state index is 14.1. The Morgan fingerprint density at radius 3 is 2.70 bits per heavy atom. The number of hydrogen-bond acceptors (Lipinski definition) is 3. The van der Waals surface area contributed by atoms with Crippen molar-refractivity contribution in [1.82, 2.24) is 0 Å². The summed E-state index contributed by atoms with van der Waals surface area (Å²) < 4.78 is 19.0. The molecule has 0 radical (unpaired) electrons. The Balaban J connectivity index is 2.12. The summed E-state index contributed by atoms with van der Waals surface area (Å²) in [5.41, 5.74) is 3.05. The van der Waals surface area contributed by atoms with Gasteiger partial charge in [0.05, 0.1) is 12.2 Å². The van der Waals surface area contributed by atoms with Crippen LogP contribution in [0.3, 0.4) is 0 Å². The summed E-state index contributed by atoms with van der Waals surface area (Å²) in [6, 6.07) is 10.4. The molecule has 4 heteroatoms. The van der Waals surface area contributed by atoms with Crippen molar-refractivity contribution in [3.63, 3.8) is 0 Å². The molecule has 23 heavy (non-hydrogen) atoms. The number of esters is 1. The number of benzene rings is 2. The number of aryl methyl sites for hydroxylation is 1. The van der Waals surface area contributed by atoms with E-state index >= 15 is 0 Å². The van der Waals surface area contributed by atoms with Crippen LogP contribution >= 0.6 is 0 Å². The van der Waals surface area contributed by atoms with E-state index in [-0.39, 0.29) is 23.9 Å². The number of hydrogen-bond donors (Lipinski definition) is 0. The fraction of sp³-hybridized carbons (Fsp3) is 0.263. The fourth-order valence-corrected chi connectivity index (χ4v) is 3.15. The first kappa shape index (κ1) is 15.4. The molecule has 0 bridgehead atoms. The van der Waals surface area contributed by atoms with E-state index in [1.807, 2.05) is 31.2 Å². The normalized spacial score (nSPS) is 16.3. The zero-order valence-electron chi connectivity index (χ0n) is 13.1. The van der Waals surface area contributed by atoms with Crippen molar-refractivity contribution in [2.75, 3.05) is 6.61 Å². The van der Waals surface area contributed by atoms with Crippen LogP contribution in [0.5, 0.6) is 0 Å². The fourth-order valence-electron chi connectivity index (χ4n) is 3.15. The third-order valence-corrected chi connectivity index (χ3v) is 4.26. The van der Waals surface area contributed by atoms with Gasteiger partial charge in [-0.2, -0.15) is 0 Å². The van der Waals surface area contributed by atoms with Gasteiger partial charge in [0.25, 0.3) is 0 Å². The van der Waals surface area contributed by atoms with Crippen molar-refractivity contribution in [3.8, 4) is 0 Å². The molecule has 0 spiro atoms. The molecule has 118 valence electrons. The Hall–Kier alpha value is -2.49. The molecule has 0 fully saturated rings. The van der Waals surface area contributed by atoms with Gasteiger partial charge in [0.15, 0.2) is 5.78 Å². The molecular weight excluding hydrogens is 295 g/mol. The number of halogens is 1. The topological polar surface area (TPSA) is 43.4 Å². The minimum absolute atomic E-state index is 0.0949. The van der Waals surface area contributed by atoms with E-state index in [4.69, 9.17) is 4.74 Å². The monoisotopic (exact) mass is 312 g/mol. The van der Waals surface area contributed by atoms with E-state index < -0.39 is 11.8 Å². The first-order valence-corrected chi connectivity index (χ1v) is 7.62. The van der Waals surface area contributed by atoms with Gasteiger partial charge in [-0.15, -0.1) is 0 Å². The molecule has 0 saturated carbocycles. The van der Waals surface area contributed by atoms with Gasteiger partial charge < -0.3 is 4.74 Å². The molecule has 1 aliphatic rings. The molecule has 3 rings (SSSR count). The largest absolute Gasteiger partial charge is 0.462 e. The van der Waals surface area contributed by atoms with E-state index in [1.165, 1.54) is 12.1 Å². The molecular formula is C19H17FO3. The molecule has 0 aliphatic heterocycles. The lowest BCUT2D eigenvalue weighted by atomic mass is 9.89. The Bertz CT molecular complexity index is 795. The zero-order valence-corrected chi connectivity index (χ0v) is 13.1. The van der Waals surface area contributed by atoms with E-state index in [1.54, 1.807) is 6.92 Å². The average Bonchev–Trinajstić information content (AvgIpc) is 2.83. The highest BCUT2D eigenvalue weighted by Crippen LogP contribution is 2.40. The Labute approximate surface area is 134 Å². The maximum atomic E-state index is 14.1. The minimum Gasteiger partial charge on any atom is -0.462 e. The number of Topliss-reactive ketones (excluding diaryl/α,β-unsaturated/α-hetero) is 1. The lowest BCUT2D eigenvalue weighted by molar-refractivity contribution is 0.0520. The van der Waals surface area contributed by atoms with E-state index in [2.05, 4.69) is 0 Å². The van der Waals surface area contributed by atoms with Gasteiger partial charge in [-0.3, -0.25) is 4.79 Å². The third-order valence-electron chi connectivity index (χ3n) is 4.26. The van der Waals surface area contributed by atoms with Gasteiger partial charge in [-0.25, -0.2) is 9.18 Å². The number of carbonyl (C=O) groups excluding carboxylic acids is 2. The molecule has 1 atom stereocenters. The molecule has 3 nitrogen and oxygen atoms in total.